The first kappa shape index (κ1) is 19.1. The number of hydrogen-bond donors (Lipinski definition) is 1. The summed E-state index contributed by atoms with van der Waals surface area (Å²) in [5, 5.41) is 12.0. The normalized spacial score (nSPS) is 11.0. The summed E-state index contributed by atoms with van der Waals surface area (Å²) in [6.07, 6.45) is 1.48. The van der Waals surface area contributed by atoms with Crippen molar-refractivity contribution in [3.05, 3.63) is 71.5 Å². The zero-order valence-electron chi connectivity index (χ0n) is 16.2. The van der Waals surface area contributed by atoms with E-state index in [-0.39, 0.29) is 11.7 Å². The molecule has 2 aromatic heterocycles. The van der Waals surface area contributed by atoms with Gasteiger partial charge in [-0.3, -0.25) is 4.79 Å². The number of thioether (sulfide) groups is 1. The largest absolute Gasteiger partial charge is 0.325 e. The lowest BCUT2D eigenvalue weighted by Crippen LogP contribution is -2.14. The molecule has 146 valence electrons. The number of carbonyl (C=O) groups is 1. The Hall–Kier alpha value is -3.26. The molecular weight excluding hydrogens is 384 g/mol. The summed E-state index contributed by atoms with van der Waals surface area (Å²) in [6, 6.07) is 16.0. The smallest absolute Gasteiger partial charge is 0.234 e. The van der Waals surface area contributed by atoms with Crippen LogP contribution in [0.3, 0.4) is 0 Å². The van der Waals surface area contributed by atoms with Gasteiger partial charge in [-0.1, -0.05) is 53.4 Å². The van der Waals surface area contributed by atoms with Gasteiger partial charge in [0.15, 0.2) is 11.2 Å². The van der Waals surface area contributed by atoms with Crippen molar-refractivity contribution in [2.24, 2.45) is 0 Å². The zero-order chi connectivity index (χ0) is 20.2. The molecule has 0 aliphatic heterocycles. The SMILES string of the molecule is Cc1cc(C)cc(NC(=O)CSc2ncnc3c2nnn3Cc2ccccc2)c1. The molecule has 0 spiro atoms. The number of amides is 1. The second-order valence-electron chi connectivity index (χ2n) is 6.80. The van der Waals surface area contributed by atoms with E-state index in [9.17, 15) is 4.79 Å². The summed E-state index contributed by atoms with van der Waals surface area (Å²) in [5.41, 5.74) is 5.39. The Morgan fingerprint density at radius 3 is 2.59 bits per heavy atom. The average molecular weight is 404 g/mol. The van der Waals surface area contributed by atoms with Crippen molar-refractivity contribution in [2.45, 2.75) is 25.4 Å². The quantitative estimate of drug-likeness (QED) is 0.390. The molecule has 1 amide bonds. The first-order valence-electron chi connectivity index (χ1n) is 9.17. The Morgan fingerprint density at radius 1 is 1.07 bits per heavy atom. The third-order valence-corrected chi connectivity index (χ3v) is 5.27. The van der Waals surface area contributed by atoms with Crippen LogP contribution in [-0.2, 0) is 11.3 Å². The minimum Gasteiger partial charge on any atom is -0.325 e. The molecule has 8 heteroatoms. The number of nitrogens with zero attached hydrogens (tertiary/aromatic N) is 5. The van der Waals surface area contributed by atoms with Crippen molar-refractivity contribution < 1.29 is 4.79 Å². The number of hydrogen-bond acceptors (Lipinski definition) is 6. The molecule has 0 unspecified atom stereocenters. The molecule has 1 N–H and O–H groups in total. The van der Waals surface area contributed by atoms with E-state index in [2.05, 4.69) is 31.7 Å². The molecule has 0 aliphatic carbocycles. The molecule has 29 heavy (non-hydrogen) atoms. The van der Waals surface area contributed by atoms with Gasteiger partial charge in [-0.15, -0.1) is 5.10 Å². The summed E-state index contributed by atoms with van der Waals surface area (Å²) in [4.78, 5) is 21.0. The maximum Gasteiger partial charge on any atom is 0.234 e. The molecule has 2 aromatic carbocycles. The van der Waals surface area contributed by atoms with Crippen LogP contribution in [0.1, 0.15) is 16.7 Å². The molecule has 4 rings (SSSR count). The van der Waals surface area contributed by atoms with E-state index in [1.165, 1.54) is 18.1 Å². The molecule has 4 aromatic rings. The second-order valence-corrected chi connectivity index (χ2v) is 7.76. The highest BCUT2D eigenvalue weighted by Crippen LogP contribution is 2.23. The molecule has 0 radical (unpaired) electrons. The van der Waals surface area contributed by atoms with Gasteiger partial charge < -0.3 is 5.32 Å². The first-order chi connectivity index (χ1) is 14.1. The number of anilines is 1. The van der Waals surface area contributed by atoms with Crippen molar-refractivity contribution in [3.8, 4) is 0 Å². The maximum atomic E-state index is 12.4. The molecule has 0 saturated carbocycles. The van der Waals surface area contributed by atoms with Crippen molar-refractivity contribution in [1.29, 1.82) is 0 Å². The highest BCUT2D eigenvalue weighted by molar-refractivity contribution is 8.00. The predicted molar refractivity (Wildman–Crippen MR) is 114 cm³/mol. The molecule has 0 bridgehead atoms. The van der Waals surface area contributed by atoms with Gasteiger partial charge in [0.25, 0.3) is 0 Å². The van der Waals surface area contributed by atoms with Crippen LogP contribution >= 0.6 is 11.8 Å². The summed E-state index contributed by atoms with van der Waals surface area (Å²) in [5.74, 6) is 0.133. The van der Waals surface area contributed by atoms with E-state index >= 15 is 0 Å². The minimum atomic E-state index is -0.0940. The van der Waals surface area contributed by atoms with Gasteiger partial charge in [0.05, 0.1) is 12.3 Å². The lowest BCUT2D eigenvalue weighted by molar-refractivity contribution is -0.113. The molecule has 7 nitrogen and oxygen atoms in total. The van der Waals surface area contributed by atoms with Crippen LogP contribution in [0.5, 0.6) is 0 Å². The van der Waals surface area contributed by atoms with Gasteiger partial charge in [-0.05, 0) is 42.7 Å². The van der Waals surface area contributed by atoms with E-state index in [1.807, 2.05) is 56.3 Å². The van der Waals surface area contributed by atoms with Gasteiger partial charge in [0.2, 0.25) is 5.91 Å². The van der Waals surface area contributed by atoms with E-state index in [1.54, 1.807) is 4.68 Å². The molecule has 0 aliphatic rings. The lowest BCUT2D eigenvalue weighted by Gasteiger charge is -2.07. The van der Waals surface area contributed by atoms with Crippen molar-refractivity contribution >= 4 is 34.5 Å². The highest BCUT2D eigenvalue weighted by Gasteiger charge is 2.14. The third kappa shape index (κ3) is 4.60. The zero-order valence-corrected chi connectivity index (χ0v) is 17.0. The maximum absolute atomic E-state index is 12.4. The van der Waals surface area contributed by atoms with Crippen LogP contribution in [0.4, 0.5) is 5.69 Å². The summed E-state index contributed by atoms with van der Waals surface area (Å²) >= 11 is 1.33. The van der Waals surface area contributed by atoms with Gasteiger partial charge >= 0.3 is 0 Å². The van der Waals surface area contributed by atoms with Crippen LogP contribution < -0.4 is 5.32 Å². The van der Waals surface area contributed by atoms with Gasteiger partial charge in [0, 0.05) is 5.69 Å². The standard InChI is InChI=1S/C21H20N6OS/c1-14-8-15(2)10-17(9-14)24-18(28)12-29-21-19-20(22-13-23-21)27(26-25-19)11-16-6-4-3-5-7-16/h3-10,13H,11-12H2,1-2H3,(H,24,28). The van der Waals surface area contributed by atoms with Gasteiger partial charge in [-0.2, -0.15) is 0 Å². The Morgan fingerprint density at radius 2 is 1.83 bits per heavy atom. The number of nitrogens with one attached hydrogen (secondary N) is 1. The van der Waals surface area contributed by atoms with Crippen molar-refractivity contribution in [3.63, 3.8) is 0 Å². The topological polar surface area (TPSA) is 85.6 Å². The molecular formula is C21H20N6OS. The van der Waals surface area contributed by atoms with Gasteiger partial charge in [-0.25, -0.2) is 14.6 Å². The van der Waals surface area contributed by atoms with Crippen LogP contribution in [0.15, 0.2) is 59.9 Å². The van der Waals surface area contributed by atoms with E-state index in [0.29, 0.717) is 22.7 Å². The monoisotopic (exact) mass is 404 g/mol. The fourth-order valence-electron chi connectivity index (χ4n) is 3.12. The first-order valence-corrected chi connectivity index (χ1v) is 10.2. The number of aromatic nitrogens is 5. The third-order valence-electron chi connectivity index (χ3n) is 4.29. The molecule has 0 saturated heterocycles. The van der Waals surface area contributed by atoms with E-state index in [4.69, 9.17) is 0 Å². The van der Waals surface area contributed by atoms with Crippen molar-refractivity contribution in [2.75, 3.05) is 11.1 Å². The van der Waals surface area contributed by atoms with Crippen molar-refractivity contribution in [1.82, 2.24) is 25.0 Å². The Kier molecular flexibility index (Phi) is 5.53. The summed E-state index contributed by atoms with van der Waals surface area (Å²) in [6.45, 7) is 4.59. The minimum absolute atomic E-state index is 0.0940. The fourth-order valence-corrected chi connectivity index (χ4v) is 3.85. The number of aryl methyl sites for hydroxylation is 2. The Labute approximate surface area is 172 Å². The summed E-state index contributed by atoms with van der Waals surface area (Å²) in [7, 11) is 0. The van der Waals surface area contributed by atoms with E-state index in [0.717, 1.165) is 22.4 Å². The van der Waals surface area contributed by atoms with Crippen LogP contribution in [0.2, 0.25) is 0 Å². The number of rotatable bonds is 6. The lowest BCUT2D eigenvalue weighted by atomic mass is 10.1. The highest BCUT2D eigenvalue weighted by atomic mass is 32.2. The van der Waals surface area contributed by atoms with Crippen LogP contribution in [0.25, 0.3) is 11.2 Å². The number of carbonyl (C=O) groups excluding carboxylic acids is 1. The van der Waals surface area contributed by atoms with Crippen LogP contribution in [0, 0.1) is 13.8 Å². The fraction of sp³-hybridized carbons (Fsp3) is 0.190. The molecule has 0 fully saturated rings. The molecule has 0 atom stereocenters. The Balaban J connectivity index is 1.46. The average Bonchev–Trinajstić information content (AvgIpc) is 3.10. The number of fused-ring (bicyclic) bond motifs is 1. The second kappa shape index (κ2) is 8.40. The predicted octanol–water partition coefficient (Wildman–Crippen LogP) is 3.62. The van der Waals surface area contributed by atoms with Crippen LogP contribution in [-0.4, -0.2) is 36.6 Å². The van der Waals surface area contributed by atoms with Gasteiger partial charge in [0.1, 0.15) is 11.4 Å². The Bertz CT molecular complexity index is 1140. The number of benzene rings is 2. The molecule has 2 heterocycles. The summed E-state index contributed by atoms with van der Waals surface area (Å²) < 4.78 is 1.74. The van der Waals surface area contributed by atoms with E-state index < -0.39 is 0 Å².